The van der Waals surface area contributed by atoms with Gasteiger partial charge in [-0.1, -0.05) is 61.4 Å². The number of benzene rings is 2. The van der Waals surface area contributed by atoms with Gasteiger partial charge in [-0.25, -0.2) is 4.68 Å². The fraction of sp³-hybridized carbons (Fsp3) is 0.333. The Morgan fingerprint density at radius 3 is 2.31 bits per heavy atom. The average molecular weight is 391 g/mol. The highest BCUT2D eigenvalue weighted by molar-refractivity contribution is 5.76. The van der Waals surface area contributed by atoms with E-state index in [0.717, 1.165) is 54.7 Å². The van der Waals surface area contributed by atoms with Crippen molar-refractivity contribution in [3.8, 4) is 16.9 Å². The second kappa shape index (κ2) is 10.6. The third-order valence-corrected chi connectivity index (χ3v) is 5.04. The van der Waals surface area contributed by atoms with Crippen molar-refractivity contribution in [2.75, 3.05) is 13.6 Å². The molecule has 0 bridgehead atoms. The Balaban J connectivity index is 1.75. The third-order valence-electron chi connectivity index (χ3n) is 5.04. The van der Waals surface area contributed by atoms with Crippen LogP contribution >= 0.6 is 0 Å². The van der Waals surface area contributed by atoms with E-state index < -0.39 is 0 Å². The third kappa shape index (κ3) is 5.78. The molecule has 0 fully saturated rings. The summed E-state index contributed by atoms with van der Waals surface area (Å²) in [5.74, 6) is 0.171. The van der Waals surface area contributed by atoms with Crippen molar-refractivity contribution < 1.29 is 4.79 Å². The molecule has 0 atom stereocenters. The van der Waals surface area contributed by atoms with Crippen LogP contribution in [0.25, 0.3) is 16.9 Å². The van der Waals surface area contributed by atoms with Crippen LogP contribution in [0.5, 0.6) is 0 Å². The first-order chi connectivity index (χ1) is 14.2. The molecule has 3 rings (SSSR count). The van der Waals surface area contributed by atoms with Crippen LogP contribution in [0.2, 0.25) is 0 Å². The maximum atomic E-state index is 12.6. The van der Waals surface area contributed by atoms with E-state index >= 15 is 0 Å². The Hall–Kier alpha value is -2.92. The lowest BCUT2D eigenvalue weighted by Gasteiger charge is -2.17. The maximum Gasteiger partial charge on any atom is 0.222 e. The first kappa shape index (κ1) is 20.8. The number of aromatic nitrogens is 2. The number of hydrogen-bond acceptors (Lipinski definition) is 3. The summed E-state index contributed by atoms with van der Waals surface area (Å²) in [6, 6.07) is 20.2. The SMILES string of the molecule is CN(Cc1cn(-c2ccccc2)nc1-c1ccccc1)C(=O)CCCCCCN. The molecule has 2 N–H and O–H groups in total. The van der Waals surface area contributed by atoms with Crippen molar-refractivity contribution >= 4 is 5.91 Å². The molecule has 0 aliphatic rings. The van der Waals surface area contributed by atoms with Crippen molar-refractivity contribution in [3.05, 3.63) is 72.4 Å². The minimum atomic E-state index is 0.171. The van der Waals surface area contributed by atoms with Crippen molar-refractivity contribution in [1.29, 1.82) is 0 Å². The van der Waals surface area contributed by atoms with Gasteiger partial charge in [0.2, 0.25) is 5.91 Å². The fourth-order valence-corrected chi connectivity index (χ4v) is 3.39. The number of nitrogens with zero attached hydrogens (tertiary/aromatic N) is 3. The van der Waals surface area contributed by atoms with Gasteiger partial charge in [-0.3, -0.25) is 4.79 Å². The minimum absolute atomic E-state index is 0.171. The first-order valence-corrected chi connectivity index (χ1v) is 10.3. The summed E-state index contributed by atoms with van der Waals surface area (Å²) in [6.07, 6.45) is 6.70. The maximum absolute atomic E-state index is 12.6. The summed E-state index contributed by atoms with van der Waals surface area (Å²) in [7, 11) is 1.87. The highest BCUT2D eigenvalue weighted by Gasteiger charge is 2.16. The van der Waals surface area contributed by atoms with Crippen LogP contribution in [0.4, 0.5) is 0 Å². The van der Waals surface area contributed by atoms with Gasteiger partial charge in [0.25, 0.3) is 0 Å². The summed E-state index contributed by atoms with van der Waals surface area (Å²) in [4.78, 5) is 14.4. The quantitative estimate of drug-likeness (QED) is 0.522. The predicted octanol–water partition coefficient (Wildman–Crippen LogP) is 4.41. The highest BCUT2D eigenvalue weighted by Crippen LogP contribution is 2.25. The van der Waals surface area contributed by atoms with Gasteiger partial charge in [0.15, 0.2) is 0 Å². The number of amides is 1. The van der Waals surface area contributed by atoms with Gasteiger partial charge in [0.05, 0.1) is 11.4 Å². The lowest BCUT2D eigenvalue weighted by Crippen LogP contribution is -2.26. The van der Waals surface area contributed by atoms with Crippen LogP contribution in [0.15, 0.2) is 66.9 Å². The molecule has 0 radical (unpaired) electrons. The molecule has 3 aromatic rings. The number of hydrogen-bond donors (Lipinski definition) is 1. The van der Waals surface area contributed by atoms with Crippen LogP contribution in [-0.4, -0.2) is 34.2 Å². The van der Waals surface area contributed by atoms with Gasteiger partial charge in [-0.15, -0.1) is 0 Å². The predicted molar refractivity (Wildman–Crippen MR) is 118 cm³/mol. The zero-order chi connectivity index (χ0) is 20.5. The lowest BCUT2D eigenvalue weighted by molar-refractivity contribution is -0.130. The zero-order valence-corrected chi connectivity index (χ0v) is 17.1. The molecule has 1 aromatic heterocycles. The van der Waals surface area contributed by atoms with Crippen LogP contribution in [-0.2, 0) is 11.3 Å². The van der Waals surface area contributed by atoms with E-state index in [1.54, 1.807) is 0 Å². The summed E-state index contributed by atoms with van der Waals surface area (Å²) in [5.41, 5.74) is 9.54. The van der Waals surface area contributed by atoms with E-state index in [0.29, 0.717) is 13.0 Å². The summed E-state index contributed by atoms with van der Waals surface area (Å²) < 4.78 is 1.89. The molecule has 0 aliphatic heterocycles. The van der Waals surface area contributed by atoms with Crippen LogP contribution in [0.1, 0.15) is 37.7 Å². The molecule has 29 heavy (non-hydrogen) atoms. The Bertz CT molecular complexity index is 890. The molecule has 5 nitrogen and oxygen atoms in total. The molecule has 1 heterocycles. The highest BCUT2D eigenvalue weighted by atomic mass is 16.2. The van der Waals surface area contributed by atoms with E-state index in [-0.39, 0.29) is 5.91 Å². The number of nitrogens with two attached hydrogens (primary N) is 1. The van der Waals surface area contributed by atoms with Gasteiger partial charge >= 0.3 is 0 Å². The number of unbranched alkanes of at least 4 members (excludes halogenated alkanes) is 3. The number of carbonyl (C=O) groups excluding carboxylic acids is 1. The standard InChI is InChI=1S/C24H30N4O/c1-27(23(29)16-10-2-3-11-17-25)18-21-19-28(22-14-8-5-9-15-22)26-24(21)20-12-6-4-7-13-20/h4-9,12-15,19H,2-3,10-11,16-18,25H2,1H3. The number of para-hydroxylation sites is 1. The zero-order valence-electron chi connectivity index (χ0n) is 17.1. The van der Waals surface area contributed by atoms with Crippen LogP contribution in [0.3, 0.4) is 0 Å². The van der Waals surface area contributed by atoms with E-state index in [1.807, 2.05) is 71.4 Å². The average Bonchev–Trinajstić information content (AvgIpc) is 3.18. The molecule has 0 spiro atoms. The van der Waals surface area contributed by atoms with Crippen LogP contribution < -0.4 is 5.73 Å². The van der Waals surface area contributed by atoms with Gasteiger partial charge in [0, 0.05) is 37.3 Å². The van der Waals surface area contributed by atoms with Gasteiger partial charge in [-0.05, 0) is 31.5 Å². The Kier molecular flexibility index (Phi) is 7.59. The Morgan fingerprint density at radius 2 is 1.62 bits per heavy atom. The van der Waals surface area contributed by atoms with E-state index in [4.69, 9.17) is 10.8 Å². The molecule has 2 aromatic carbocycles. The molecule has 1 amide bonds. The number of rotatable bonds is 10. The van der Waals surface area contributed by atoms with Gasteiger partial charge in [0.1, 0.15) is 0 Å². The Labute approximate surface area is 173 Å². The molecule has 152 valence electrons. The molecule has 0 unspecified atom stereocenters. The Morgan fingerprint density at radius 1 is 0.966 bits per heavy atom. The molecular weight excluding hydrogens is 360 g/mol. The van der Waals surface area contributed by atoms with Gasteiger partial charge < -0.3 is 10.6 Å². The minimum Gasteiger partial charge on any atom is -0.341 e. The molecule has 5 heteroatoms. The molecule has 0 saturated carbocycles. The summed E-state index contributed by atoms with van der Waals surface area (Å²) in [6.45, 7) is 1.26. The van der Waals surface area contributed by atoms with Crippen LogP contribution in [0, 0.1) is 0 Å². The molecule has 0 aliphatic carbocycles. The van der Waals surface area contributed by atoms with Crippen molar-refractivity contribution in [2.45, 2.75) is 38.6 Å². The largest absolute Gasteiger partial charge is 0.341 e. The van der Waals surface area contributed by atoms with Crippen molar-refractivity contribution in [1.82, 2.24) is 14.7 Å². The fourth-order valence-electron chi connectivity index (χ4n) is 3.39. The first-order valence-electron chi connectivity index (χ1n) is 10.3. The summed E-state index contributed by atoms with van der Waals surface area (Å²) >= 11 is 0. The lowest BCUT2D eigenvalue weighted by atomic mass is 10.1. The van der Waals surface area contributed by atoms with Crippen molar-refractivity contribution in [3.63, 3.8) is 0 Å². The molecular formula is C24H30N4O. The normalized spacial score (nSPS) is 10.8. The van der Waals surface area contributed by atoms with E-state index in [1.165, 1.54) is 0 Å². The smallest absolute Gasteiger partial charge is 0.222 e. The molecule has 0 saturated heterocycles. The second-order valence-electron chi connectivity index (χ2n) is 7.35. The summed E-state index contributed by atoms with van der Waals surface area (Å²) in [5, 5.41) is 4.83. The monoisotopic (exact) mass is 390 g/mol. The second-order valence-corrected chi connectivity index (χ2v) is 7.35. The van der Waals surface area contributed by atoms with E-state index in [2.05, 4.69) is 12.1 Å². The van der Waals surface area contributed by atoms with Crippen molar-refractivity contribution in [2.24, 2.45) is 5.73 Å². The topological polar surface area (TPSA) is 64.2 Å². The number of carbonyl (C=O) groups is 1. The van der Waals surface area contributed by atoms with E-state index in [9.17, 15) is 4.79 Å². The van der Waals surface area contributed by atoms with Gasteiger partial charge in [-0.2, -0.15) is 5.10 Å².